The summed E-state index contributed by atoms with van der Waals surface area (Å²) in [5, 5.41) is 0. The topological polar surface area (TPSA) is 43.4 Å². The van der Waals surface area contributed by atoms with Gasteiger partial charge in [-0.05, 0) is 31.0 Å². The van der Waals surface area contributed by atoms with Gasteiger partial charge in [-0.3, -0.25) is 4.18 Å². The molecule has 1 aromatic carbocycles. The van der Waals surface area contributed by atoms with E-state index in [1.54, 1.807) is 18.2 Å². The summed E-state index contributed by atoms with van der Waals surface area (Å²) >= 11 is 0. The third kappa shape index (κ3) is 7.63. The maximum atomic E-state index is 12.0. The molecule has 0 N–H and O–H groups in total. The molecule has 0 aliphatic carbocycles. The molecule has 0 spiro atoms. The molecular formula is C17H28O3S. The van der Waals surface area contributed by atoms with Gasteiger partial charge in [-0.2, -0.15) is 8.42 Å². The van der Waals surface area contributed by atoms with Gasteiger partial charge in [0, 0.05) is 0 Å². The molecule has 0 bridgehead atoms. The van der Waals surface area contributed by atoms with Crippen molar-refractivity contribution in [2.75, 3.05) is 6.61 Å². The average Bonchev–Trinajstić information content (AvgIpc) is 2.45. The number of hydrogen-bond donors (Lipinski definition) is 0. The summed E-state index contributed by atoms with van der Waals surface area (Å²) in [6, 6.07) is 6.83. The normalized spacial score (nSPS) is 11.7. The molecule has 4 heteroatoms. The molecule has 0 saturated carbocycles. The fourth-order valence-corrected chi connectivity index (χ4v) is 3.29. The maximum Gasteiger partial charge on any atom is 0.296 e. The second-order valence-electron chi connectivity index (χ2n) is 5.57. The number of hydrogen-bond acceptors (Lipinski definition) is 3. The van der Waals surface area contributed by atoms with Gasteiger partial charge in [0.15, 0.2) is 0 Å². The van der Waals surface area contributed by atoms with Crippen LogP contribution in [0.25, 0.3) is 0 Å². The molecule has 0 heterocycles. The minimum absolute atomic E-state index is 0.252. The Balaban J connectivity index is 2.17. The Bertz CT molecular complexity index is 495. The first-order chi connectivity index (χ1) is 10.1. The summed E-state index contributed by atoms with van der Waals surface area (Å²) in [5.74, 6) is 0. The Morgan fingerprint density at radius 1 is 0.952 bits per heavy atom. The fourth-order valence-electron chi connectivity index (χ4n) is 2.24. The minimum Gasteiger partial charge on any atom is -0.266 e. The van der Waals surface area contributed by atoms with E-state index >= 15 is 0 Å². The second kappa shape index (κ2) is 9.96. The molecule has 21 heavy (non-hydrogen) atoms. The van der Waals surface area contributed by atoms with E-state index in [1.165, 1.54) is 32.1 Å². The Morgan fingerprint density at radius 2 is 1.57 bits per heavy atom. The smallest absolute Gasteiger partial charge is 0.266 e. The van der Waals surface area contributed by atoms with Crippen LogP contribution in [0, 0.1) is 6.92 Å². The van der Waals surface area contributed by atoms with Gasteiger partial charge < -0.3 is 0 Å². The highest BCUT2D eigenvalue weighted by molar-refractivity contribution is 7.86. The Morgan fingerprint density at radius 3 is 2.19 bits per heavy atom. The summed E-state index contributed by atoms with van der Waals surface area (Å²) in [6.45, 7) is 4.37. The van der Waals surface area contributed by atoms with Crippen molar-refractivity contribution in [3.8, 4) is 0 Å². The molecule has 0 aliphatic heterocycles. The van der Waals surface area contributed by atoms with E-state index in [0.29, 0.717) is 0 Å². The van der Waals surface area contributed by atoms with Crippen molar-refractivity contribution in [2.24, 2.45) is 0 Å². The number of benzene rings is 1. The van der Waals surface area contributed by atoms with Crippen molar-refractivity contribution >= 4 is 10.1 Å². The highest BCUT2D eigenvalue weighted by atomic mass is 32.2. The highest BCUT2D eigenvalue weighted by Crippen LogP contribution is 2.15. The van der Waals surface area contributed by atoms with Crippen LogP contribution in [-0.4, -0.2) is 15.0 Å². The van der Waals surface area contributed by atoms with Crippen molar-refractivity contribution in [3.05, 3.63) is 29.8 Å². The molecular weight excluding hydrogens is 284 g/mol. The number of unbranched alkanes of at least 4 members (excludes halogenated alkanes) is 7. The zero-order chi connectivity index (χ0) is 15.6. The van der Waals surface area contributed by atoms with E-state index < -0.39 is 10.1 Å². The number of aryl methyl sites for hydroxylation is 1. The molecule has 120 valence electrons. The van der Waals surface area contributed by atoms with Crippen LogP contribution in [0.15, 0.2) is 29.2 Å². The van der Waals surface area contributed by atoms with Crippen molar-refractivity contribution in [1.29, 1.82) is 0 Å². The lowest BCUT2D eigenvalue weighted by Crippen LogP contribution is -2.07. The maximum absolute atomic E-state index is 12.0. The quantitative estimate of drug-likeness (QED) is 0.434. The molecule has 0 radical (unpaired) electrons. The lowest BCUT2D eigenvalue weighted by atomic mass is 10.1. The van der Waals surface area contributed by atoms with E-state index in [1.807, 2.05) is 13.0 Å². The predicted molar refractivity (Wildman–Crippen MR) is 86.9 cm³/mol. The third-order valence-corrected chi connectivity index (χ3v) is 4.82. The van der Waals surface area contributed by atoms with Gasteiger partial charge in [-0.15, -0.1) is 0 Å². The van der Waals surface area contributed by atoms with Gasteiger partial charge in [0.2, 0.25) is 0 Å². The summed E-state index contributed by atoms with van der Waals surface area (Å²) in [5.41, 5.74) is 0.923. The van der Waals surface area contributed by atoms with Crippen LogP contribution in [0.1, 0.15) is 63.9 Å². The monoisotopic (exact) mass is 312 g/mol. The lowest BCUT2D eigenvalue weighted by Gasteiger charge is -2.06. The molecule has 0 aromatic heterocycles. The van der Waals surface area contributed by atoms with E-state index in [9.17, 15) is 8.42 Å². The van der Waals surface area contributed by atoms with Crippen LogP contribution >= 0.6 is 0 Å². The summed E-state index contributed by atoms with van der Waals surface area (Å²) in [7, 11) is -3.59. The minimum atomic E-state index is -3.59. The standard InChI is InChI=1S/C17H28O3S/c1-3-4-5-6-7-8-9-10-14-20-21(18,19)17-13-11-12-16(2)15-17/h11-13,15H,3-10,14H2,1-2H3. The molecule has 0 amide bonds. The van der Waals surface area contributed by atoms with Crippen molar-refractivity contribution in [1.82, 2.24) is 0 Å². The van der Waals surface area contributed by atoms with Crippen LogP contribution in [0.2, 0.25) is 0 Å². The predicted octanol–water partition coefficient (Wildman–Crippen LogP) is 4.84. The molecule has 0 aliphatic rings. The van der Waals surface area contributed by atoms with Crippen LogP contribution in [0.4, 0.5) is 0 Å². The third-order valence-electron chi connectivity index (χ3n) is 3.51. The van der Waals surface area contributed by atoms with Crippen LogP contribution in [0.5, 0.6) is 0 Å². The average molecular weight is 312 g/mol. The summed E-state index contributed by atoms with van der Waals surface area (Å²) in [6.07, 6.45) is 9.43. The van der Waals surface area contributed by atoms with Crippen LogP contribution < -0.4 is 0 Å². The Hall–Kier alpha value is -0.870. The number of rotatable bonds is 11. The van der Waals surface area contributed by atoms with Gasteiger partial charge in [-0.1, -0.05) is 64.0 Å². The van der Waals surface area contributed by atoms with Crippen LogP contribution in [-0.2, 0) is 14.3 Å². The zero-order valence-corrected chi connectivity index (χ0v) is 14.1. The van der Waals surface area contributed by atoms with Crippen molar-refractivity contribution in [2.45, 2.75) is 70.1 Å². The Labute approximate surface area is 129 Å². The first-order valence-corrected chi connectivity index (χ1v) is 9.43. The Kier molecular flexibility index (Phi) is 8.62. The van der Waals surface area contributed by atoms with E-state index in [-0.39, 0.29) is 11.5 Å². The highest BCUT2D eigenvalue weighted by Gasteiger charge is 2.14. The summed E-state index contributed by atoms with van der Waals surface area (Å²) in [4.78, 5) is 0.252. The molecule has 1 aromatic rings. The van der Waals surface area contributed by atoms with Crippen molar-refractivity contribution < 1.29 is 12.6 Å². The second-order valence-corrected chi connectivity index (χ2v) is 7.18. The largest absolute Gasteiger partial charge is 0.296 e. The SMILES string of the molecule is CCCCCCCCCCOS(=O)(=O)c1cccc(C)c1. The van der Waals surface area contributed by atoms with Gasteiger partial charge in [0.1, 0.15) is 0 Å². The van der Waals surface area contributed by atoms with Gasteiger partial charge >= 0.3 is 0 Å². The van der Waals surface area contributed by atoms with E-state index in [4.69, 9.17) is 4.18 Å². The lowest BCUT2D eigenvalue weighted by molar-refractivity contribution is 0.306. The molecule has 1 rings (SSSR count). The van der Waals surface area contributed by atoms with Gasteiger partial charge in [0.05, 0.1) is 11.5 Å². The van der Waals surface area contributed by atoms with E-state index in [2.05, 4.69) is 6.92 Å². The van der Waals surface area contributed by atoms with Gasteiger partial charge in [0.25, 0.3) is 10.1 Å². The first-order valence-electron chi connectivity index (χ1n) is 8.02. The first kappa shape index (κ1) is 18.2. The van der Waals surface area contributed by atoms with E-state index in [0.717, 1.165) is 24.8 Å². The molecule has 0 fully saturated rings. The summed E-state index contributed by atoms with van der Waals surface area (Å²) < 4.78 is 29.0. The van der Waals surface area contributed by atoms with Crippen LogP contribution in [0.3, 0.4) is 0 Å². The molecule has 0 unspecified atom stereocenters. The molecule has 3 nitrogen and oxygen atoms in total. The fraction of sp³-hybridized carbons (Fsp3) is 0.647. The van der Waals surface area contributed by atoms with Crippen molar-refractivity contribution in [3.63, 3.8) is 0 Å². The zero-order valence-electron chi connectivity index (χ0n) is 13.3. The molecule has 0 saturated heterocycles. The van der Waals surface area contributed by atoms with Gasteiger partial charge in [-0.25, -0.2) is 0 Å². The molecule has 0 atom stereocenters.